The van der Waals surface area contributed by atoms with E-state index in [0.717, 1.165) is 20.9 Å². The molecule has 0 fully saturated rings. The summed E-state index contributed by atoms with van der Waals surface area (Å²) in [5.74, 6) is 0.871. The topological polar surface area (TPSA) is 44.9 Å². The second-order valence-corrected chi connectivity index (χ2v) is 9.22. The summed E-state index contributed by atoms with van der Waals surface area (Å²) in [6.07, 6.45) is 0.712. The van der Waals surface area contributed by atoms with Crippen LogP contribution in [0.15, 0.2) is 72.8 Å². The number of halogens is 2. The van der Waals surface area contributed by atoms with Gasteiger partial charge in [-0.25, -0.2) is 14.1 Å². The molecule has 0 saturated carbocycles. The van der Waals surface area contributed by atoms with E-state index in [2.05, 4.69) is 6.07 Å². The van der Waals surface area contributed by atoms with Crippen molar-refractivity contribution in [1.82, 2.24) is 19.3 Å². The summed E-state index contributed by atoms with van der Waals surface area (Å²) in [6.45, 7) is 0.759. The molecule has 0 spiro atoms. The Morgan fingerprint density at radius 3 is 2.52 bits per heavy atom. The predicted molar refractivity (Wildman–Crippen MR) is 131 cm³/mol. The van der Waals surface area contributed by atoms with Gasteiger partial charge >= 0.3 is 0 Å². The first-order valence-corrected chi connectivity index (χ1v) is 11.8. The summed E-state index contributed by atoms with van der Waals surface area (Å²) in [4.78, 5) is 4.70. The zero-order chi connectivity index (χ0) is 22.8. The largest absolute Gasteiger partial charge is 0.486 e. The van der Waals surface area contributed by atoms with Crippen LogP contribution >= 0.6 is 35.2 Å². The number of aromatic nitrogens is 4. The molecule has 0 saturated heterocycles. The average Bonchev–Trinajstić information content (AvgIpc) is 3.38. The number of aryl methyl sites for hydroxylation is 2. The maximum Gasteiger partial charge on any atom is 0.202 e. The molecule has 0 atom stereocenters. The summed E-state index contributed by atoms with van der Waals surface area (Å²) in [5, 5.41) is 6.40. The number of thiazole rings is 1. The van der Waals surface area contributed by atoms with Gasteiger partial charge in [0.15, 0.2) is 5.82 Å². The molecule has 33 heavy (non-hydrogen) atoms. The van der Waals surface area contributed by atoms with Crippen molar-refractivity contribution in [3.63, 3.8) is 0 Å². The van der Waals surface area contributed by atoms with Crippen LogP contribution in [-0.2, 0) is 19.6 Å². The molecule has 0 N–H and O–H groups in total. The first kappa shape index (κ1) is 21.8. The van der Waals surface area contributed by atoms with Crippen molar-refractivity contribution < 1.29 is 9.13 Å². The lowest BCUT2D eigenvalue weighted by Crippen LogP contribution is -2.05. The smallest absolute Gasteiger partial charge is 0.202 e. The van der Waals surface area contributed by atoms with Crippen molar-refractivity contribution >= 4 is 45.4 Å². The van der Waals surface area contributed by atoms with Gasteiger partial charge < -0.3 is 4.74 Å². The molecular weight excluding hydrogens is 479 g/mol. The quantitative estimate of drug-likeness (QED) is 0.237. The fraction of sp³-hybridized carbons (Fsp3) is 0.125. The highest BCUT2D eigenvalue weighted by atomic mass is 35.5. The van der Waals surface area contributed by atoms with E-state index in [1.54, 1.807) is 28.2 Å². The molecule has 0 unspecified atom stereocenters. The Balaban J connectivity index is 1.43. The van der Waals surface area contributed by atoms with Crippen molar-refractivity contribution in [1.29, 1.82) is 0 Å². The van der Waals surface area contributed by atoms with Gasteiger partial charge in [-0.05, 0) is 72.9 Å². The number of hydrogen-bond acceptors (Lipinski definition) is 5. The van der Waals surface area contributed by atoms with Crippen LogP contribution < -0.4 is 4.74 Å². The minimum atomic E-state index is -0.314. The van der Waals surface area contributed by atoms with Crippen LogP contribution in [0.2, 0.25) is 5.02 Å². The third-order valence-electron chi connectivity index (χ3n) is 5.05. The second-order valence-electron chi connectivity index (χ2n) is 7.30. The van der Waals surface area contributed by atoms with Crippen LogP contribution in [0.1, 0.15) is 10.8 Å². The highest BCUT2D eigenvalue weighted by Gasteiger charge is 2.14. The Labute approximate surface area is 203 Å². The number of benzene rings is 3. The van der Waals surface area contributed by atoms with Crippen molar-refractivity contribution in [2.45, 2.75) is 19.6 Å². The molecule has 0 aliphatic rings. The van der Waals surface area contributed by atoms with E-state index in [9.17, 15) is 4.39 Å². The fourth-order valence-electron chi connectivity index (χ4n) is 3.45. The lowest BCUT2D eigenvalue weighted by Gasteiger charge is -2.08. The van der Waals surface area contributed by atoms with E-state index in [4.69, 9.17) is 38.6 Å². The van der Waals surface area contributed by atoms with Crippen molar-refractivity contribution in [2.75, 3.05) is 0 Å². The normalized spacial score (nSPS) is 11.2. The van der Waals surface area contributed by atoms with Gasteiger partial charge in [-0.15, -0.1) is 11.3 Å². The molecule has 0 aliphatic heterocycles. The Hall–Kier alpha value is -3.07. The highest BCUT2D eigenvalue weighted by Crippen LogP contribution is 2.23. The van der Waals surface area contributed by atoms with Gasteiger partial charge in [0.05, 0.1) is 21.8 Å². The van der Waals surface area contributed by atoms with E-state index in [-0.39, 0.29) is 12.4 Å². The third-order valence-corrected chi connectivity index (χ3v) is 6.79. The number of fused-ring (bicyclic) bond motifs is 1. The lowest BCUT2D eigenvalue weighted by molar-refractivity contribution is 0.291. The number of rotatable bonds is 7. The van der Waals surface area contributed by atoms with E-state index >= 15 is 0 Å². The van der Waals surface area contributed by atoms with Gasteiger partial charge in [-0.3, -0.25) is 4.57 Å². The molecule has 166 valence electrons. The molecule has 0 radical (unpaired) electrons. The Morgan fingerprint density at radius 1 is 1.00 bits per heavy atom. The molecule has 9 heteroatoms. The molecule has 3 aromatic carbocycles. The van der Waals surface area contributed by atoms with Crippen LogP contribution in [0.3, 0.4) is 0 Å². The molecule has 2 heterocycles. The van der Waals surface area contributed by atoms with E-state index in [0.29, 0.717) is 34.3 Å². The zero-order valence-electron chi connectivity index (χ0n) is 17.3. The highest BCUT2D eigenvalue weighted by molar-refractivity contribution is 7.71. The van der Waals surface area contributed by atoms with Crippen molar-refractivity contribution in [2.24, 2.45) is 0 Å². The van der Waals surface area contributed by atoms with Gasteiger partial charge in [0.1, 0.15) is 18.2 Å². The summed E-state index contributed by atoms with van der Waals surface area (Å²) < 4.78 is 24.4. The lowest BCUT2D eigenvalue weighted by atomic mass is 10.3. The van der Waals surface area contributed by atoms with E-state index < -0.39 is 0 Å². The first-order valence-electron chi connectivity index (χ1n) is 10.2. The second kappa shape index (κ2) is 9.43. The SMILES string of the molecule is Fc1ccc(OCc2nn(CCc3nc4ccccc4s3)c(=S)n2-c2ccc(Cl)cc2)cc1. The van der Waals surface area contributed by atoms with Gasteiger partial charge in [-0.2, -0.15) is 5.10 Å². The van der Waals surface area contributed by atoms with E-state index in [1.807, 2.05) is 47.0 Å². The Kier molecular flexibility index (Phi) is 6.22. The van der Waals surface area contributed by atoms with Crippen LogP contribution in [-0.4, -0.2) is 19.3 Å². The predicted octanol–water partition coefficient (Wildman–Crippen LogP) is 6.63. The summed E-state index contributed by atoms with van der Waals surface area (Å²) in [6, 6.07) is 21.4. The summed E-state index contributed by atoms with van der Waals surface area (Å²) >= 11 is 13.5. The first-order chi connectivity index (χ1) is 16.1. The van der Waals surface area contributed by atoms with Crippen LogP contribution in [0, 0.1) is 10.6 Å². The molecule has 0 aliphatic carbocycles. The van der Waals surface area contributed by atoms with Crippen LogP contribution in [0.4, 0.5) is 4.39 Å². The minimum Gasteiger partial charge on any atom is -0.486 e. The number of nitrogens with zero attached hydrogens (tertiary/aromatic N) is 4. The number of hydrogen-bond donors (Lipinski definition) is 0. The van der Waals surface area contributed by atoms with Crippen LogP contribution in [0.25, 0.3) is 15.9 Å². The number of ether oxygens (including phenoxy) is 1. The maximum absolute atomic E-state index is 13.2. The van der Waals surface area contributed by atoms with Crippen molar-refractivity contribution in [3.8, 4) is 11.4 Å². The fourth-order valence-corrected chi connectivity index (χ4v) is 4.87. The Morgan fingerprint density at radius 2 is 1.76 bits per heavy atom. The molecule has 0 amide bonds. The maximum atomic E-state index is 13.2. The average molecular weight is 497 g/mol. The third kappa shape index (κ3) is 4.83. The Bertz CT molecular complexity index is 1430. The minimum absolute atomic E-state index is 0.173. The summed E-state index contributed by atoms with van der Waals surface area (Å²) in [7, 11) is 0. The van der Waals surface area contributed by atoms with Gasteiger partial charge in [-0.1, -0.05) is 23.7 Å². The van der Waals surface area contributed by atoms with E-state index in [1.165, 1.54) is 12.1 Å². The summed E-state index contributed by atoms with van der Waals surface area (Å²) in [5.41, 5.74) is 1.84. The standard InChI is InChI=1S/C24H18ClFN4OS2/c25-16-5-9-18(10-6-16)30-22(15-31-19-11-7-17(26)8-12-19)28-29(24(30)32)14-13-23-27-20-3-1-2-4-21(20)33-23/h1-12H,13-15H2. The monoisotopic (exact) mass is 496 g/mol. The molecule has 5 rings (SSSR count). The molecule has 5 nitrogen and oxygen atoms in total. The van der Waals surface area contributed by atoms with Crippen LogP contribution in [0.5, 0.6) is 5.75 Å². The van der Waals surface area contributed by atoms with Gasteiger partial charge in [0.25, 0.3) is 0 Å². The molecule has 0 bridgehead atoms. The molecule has 2 aromatic heterocycles. The molecule has 5 aromatic rings. The number of para-hydroxylation sites is 1. The van der Waals surface area contributed by atoms with Gasteiger partial charge in [0, 0.05) is 17.1 Å². The van der Waals surface area contributed by atoms with Crippen molar-refractivity contribution in [3.05, 3.63) is 99.2 Å². The molecular formula is C24H18ClFN4OS2. The van der Waals surface area contributed by atoms with Gasteiger partial charge in [0.2, 0.25) is 4.77 Å². The zero-order valence-corrected chi connectivity index (χ0v) is 19.7.